The molecule has 29 heavy (non-hydrogen) atoms. The van der Waals surface area contributed by atoms with E-state index in [1.165, 1.54) is 12.7 Å². The molecule has 3 atom stereocenters. The molecule has 7 heteroatoms. The third-order valence-corrected chi connectivity index (χ3v) is 6.53. The van der Waals surface area contributed by atoms with Crippen LogP contribution in [0, 0.1) is 5.92 Å². The van der Waals surface area contributed by atoms with Gasteiger partial charge in [-0.2, -0.15) is 0 Å². The molecule has 152 valence electrons. The maximum atomic E-state index is 12.9. The Balaban J connectivity index is 1.86. The first kappa shape index (κ1) is 20.2. The van der Waals surface area contributed by atoms with Gasteiger partial charge >= 0.3 is 5.97 Å². The summed E-state index contributed by atoms with van der Waals surface area (Å²) in [6.07, 6.45) is 0. The molecule has 1 N–H and O–H groups in total. The van der Waals surface area contributed by atoms with Crippen LogP contribution in [0.1, 0.15) is 43.9 Å². The summed E-state index contributed by atoms with van der Waals surface area (Å²) in [5, 5.41) is 3.88. The van der Waals surface area contributed by atoms with Crippen LogP contribution in [-0.2, 0) is 9.53 Å². The van der Waals surface area contributed by atoms with Crippen LogP contribution in [0.5, 0.6) is 5.75 Å². The zero-order valence-corrected chi connectivity index (χ0v) is 19.1. The van der Waals surface area contributed by atoms with Crippen molar-refractivity contribution in [3.63, 3.8) is 0 Å². The average molecular weight is 475 g/mol. The number of benzene rings is 2. The number of carbonyl (C=O) groups is 1. The minimum Gasteiger partial charge on any atom is -0.469 e. The van der Waals surface area contributed by atoms with Gasteiger partial charge in [-0.1, -0.05) is 41.9 Å². The number of anilines is 1. The highest BCUT2D eigenvalue weighted by Crippen LogP contribution is 2.50. The van der Waals surface area contributed by atoms with E-state index in [1.807, 2.05) is 42.2 Å². The number of halogens is 1. The quantitative estimate of drug-likeness (QED) is 0.503. The van der Waals surface area contributed by atoms with Gasteiger partial charge in [0.05, 0.1) is 13.2 Å². The molecule has 2 aromatic carbocycles. The fourth-order valence-corrected chi connectivity index (χ4v) is 5.03. The van der Waals surface area contributed by atoms with Crippen molar-refractivity contribution in [1.29, 1.82) is 0 Å². The van der Waals surface area contributed by atoms with Gasteiger partial charge < -0.3 is 14.8 Å². The lowest BCUT2D eigenvalue weighted by molar-refractivity contribution is -0.157. The molecule has 2 aromatic rings. The highest BCUT2D eigenvalue weighted by atomic mass is 79.9. The highest BCUT2D eigenvalue weighted by Gasteiger charge is 2.59. The minimum absolute atomic E-state index is 0.340. The van der Waals surface area contributed by atoms with Crippen LogP contribution < -0.4 is 15.0 Å². The number of rotatable bonds is 3. The number of fused-ring (bicyclic) bond motifs is 4. The van der Waals surface area contributed by atoms with E-state index >= 15 is 0 Å². The van der Waals surface area contributed by atoms with Gasteiger partial charge in [0.25, 0.3) is 0 Å². The van der Waals surface area contributed by atoms with Crippen molar-refractivity contribution < 1.29 is 14.3 Å². The Morgan fingerprint density at radius 1 is 1.28 bits per heavy atom. The first-order valence-electron chi connectivity index (χ1n) is 9.53. The van der Waals surface area contributed by atoms with Crippen molar-refractivity contribution in [3.05, 3.63) is 58.1 Å². The maximum absolute atomic E-state index is 12.9. The maximum Gasteiger partial charge on any atom is 0.317 e. The topological polar surface area (TPSA) is 50.8 Å². The standard InChI is InChI=1S/C22H23BrN2O3S/c1-12(2)13-5-8-15(9-6-13)25-21(29)24-19-16-11-14(23)7-10-17(16)28-22(25,3)18(19)20(26)27-4/h5-12,18-19H,1-4H3,(H,24,29). The fraction of sp³-hybridized carbons (Fsp3) is 0.364. The minimum atomic E-state index is -1.03. The first-order valence-corrected chi connectivity index (χ1v) is 10.7. The average Bonchev–Trinajstić information content (AvgIpc) is 2.68. The van der Waals surface area contributed by atoms with E-state index < -0.39 is 11.6 Å². The summed E-state index contributed by atoms with van der Waals surface area (Å²) in [4.78, 5) is 14.8. The predicted molar refractivity (Wildman–Crippen MR) is 120 cm³/mol. The molecule has 0 aliphatic carbocycles. The summed E-state index contributed by atoms with van der Waals surface area (Å²) < 4.78 is 12.5. The zero-order valence-electron chi connectivity index (χ0n) is 16.7. The van der Waals surface area contributed by atoms with Crippen LogP contribution in [0.2, 0.25) is 0 Å². The summed E-state index contributed by atoms with van der Waals surface area (Å²) in [7, 11) is 1.40. The first-order chi connectivity index (χ1) is 13.8. The van der Waals surface area contributed by atoms with Gasteiger partial charge in [0.2, 0.25) is 5.72 Å². The second kappa shape index (κ2) is 7.29. The molecule has 0 aromatic heterocycles. The molecule has 0 spiro atoms. The van der Waals surface area contributed by atoms with Crippen LogP contribution in [0.15, 0.2) is 46.9 Å². The second-order valence-electron chi connectivity index (χ2n) is 7.85. The van der Waals surface area contributed by atoms with Gasteiger partial charge in [0, 0.05) is 15.7 Å². The van der Waals surface area contributed by atoms with E-state index in [2.05, 4.69) is 47.2 Å². The Morgan fingerprint density at radius 3 is 2.59 bits per heavy atom. The molecule has 2 heterocycles. The summed E-state index contributed by atoms with van der Waals surface area (Å²) in [5.74, 6) is 0.196. The van der Waals surface area contributed by atoms with Crippen molar-refractivity contribution in [3.8, 4) is 5.75 Å². The molecule has 0 amide bonds. The van der Waals surface area contributed by atoms with Crippen molar-refractivity contribution >= 4 is 44.9 Å². The number of esters is 1. The molecule has 3 unspecified atom stereocenters. The third-order valence-electron chi connectivity index (χ3n) is 5.73. The van der Waals surface area contributed by atoms with E-state index in [4.69, 9.17) is 21.7 Å². The SMILES string of the molecule is COC(=O)C1C2NC(=S)N(c3ccc(C(C)C)cc3)C1(C)Oc1ccc(Br)cc12. The number of carbonyl (C=O) groups excluding carboxylic acids is 1. The monoisotopic (exact) mass is 474 g/mol. The number of hydrogen-bond acceptors (Lipinski definition) is 4. The summed E-state index contributed by atoms with van der Waals surface area (Å²) in [6.45, 7) is 6.21. The largest absolute Gasteiger partial charge is 0.469 e. The molecular formula is C22H23BrN2O3S. The Kier molecular flexibility index (Phi) is 5.07. The zero-order chi connectivity index (χ0) is 20.9. The van der Waals surface area contributed by atoms with Crippen molar-refractivity contribution in [2.24, 2.45) is 5.92 Å². The number of nitrogens with one attached hydrogen (secondary N) is 1. The number of ether oxygens (including phenoxy) is 2. The Hall–Kier alpha value is -2.12. The lowest BCUT2D eigenvalue weighted by Gasteiger charge is -2.55. The van der Waals surface area contributed by atoms with Gasteiger partial charge in [0.1, 0.15) is 11.7 Å². The lowest BCUT2D eigenvalue weighted by Crippen LogP contribution is -2.71. The van der Waals surface area contributed by atoms with Crippen LogP contribution >= 0.6 is 28.1 Å². The summed E-state index contributed by atoms with van der Waals surface area (Å²) in [5.41, 5.74) is 1.95. The van der Waals surface area contributed by atoms with E-state index in [9.17, 15) is 4.79 Å². The van der Waals surface area contributed by atoms with E-state index in [-0.39, 0.29) is 12.0 Å². The number of methoxy groups -OCH3 is 1. The third kappa shape index (κ3) is 3.20. The predicted octanol–water partition coefficient (Wildman–Crippen LogP) is 4.91. The lowest BCUT2D eigenvalue weighted by atomic mass is 9.79. The van der Waals surface area contributed by atoms with Gasteiger partial charge in [-0.05, 0) is 61.0 Å². The van der Waals surface area contributed by atoms with E-state index in [0.29, 0.717) is 11.0 Å². The van der Waals surface area contributed by atoms with Crippen LogP contribution in [0.3, 0.4) is 0 Å². The van der Waals surface area contributed by atoms with E-state index in [0.717, 1.165) is 21.5 Å². The normalized spacial score (nSPS) is 25.2. The number of nitrogens with zero attached hydrogens (tertiary/aromatic N) is 1. The van der Waals surface area contributed by atoms with Gasteiger partial charge in [-0.3, -0.25) is 9.69 Å². The molecule has 0 radical (unpaired) electrons. The van der Waals surface area contributed by atoms with Crippen LogP contribution in [-0.4, -0.2) is 23.9 Å². The summed E-state index contributed by atoms with van der Waals surface area (Å²) in [6, 6.07) is 13.7. The number of hydrogen-bond donors (Lipinski definition) is 1. The number of thiocarbonyl (C=S) groups is 1. The molecule has 1 fully saturated rings. The van der Waals surface area contributed by atoms with Gasteiger partial charge in [-0.25, -0.2) is 0 Å². The smallest absolute Gasteiger partial charge is 0.317 e. The van der Waals surface area contributed by atoms with E-state index in [1.54, 1.807) is 0 Å². The molecule has 0 saturated carbocycles. The van der Waals surface area contributed by atoms with Gasteiger partial charge in [-0.15, -0.1) is 0 Å². The Labute approximate surface area is 184 Å². The highest BCUT2D eigenvalue weighted by molar-refractivity contribution is 9.10. The molecule has 5 nitrogen and oxygen atoms in total. The molecule has 2 bridgehead atoms. The van der Waals surface area contributed by atoms with Crippen LogP contribution in [0.25, 0.3) is 0 Å². The molecule has 1 saturated heterocycles. The molecule has 2 aliphatic rings. The van der Waals surface area contributed by atoms with Crippen LogP contribution in [0.4, 0.5) is 5.69 Å². The molecular weight excluding hydrogens is 452 g/mol. The fourth-order valence-electron chi connectivity index (χ4n) is 4.24. The van der Waals surface area contributed by atoms with Crippen molar-refractivity contribution in [1.82, 2.24) is 5.32 Å². The Bertz CT molecular complexity index is 979. The summed E-state index contributed by atoms with van der Waals surface area (Å²) >= 11 is 9.24. The molecule has 4 rings (SSSR count). The molecule has 2 aliphatic heterocycles. The second-order valence-corrected chi connectivity index (χ2v) is 9.15. The van der Waals surface area contributed by atoms with Crippen molar-refractivity contribution in [2.45, 2.75) is 38.5 Å². The van der Waals surface area contributed by atoms with Crippen molar-refractivity contribution in [2.75, 3.05) is 12.0 Å². The van der Waals surface area contributed by atoms with Gasteiger partial charge in [0.15, 0.2) is 5.11 Å². The Morgan fingerprint density at radius 2 is 1.97 bits per heavy atom.